The molecule has 0 saturated heterocycles. The highest BCUT2D eigenvalue weighted by Gasteiger charge is 2.36. The van der Waals surface area contributed by atoms with Gasteiger partial charge in [-0.25, -0.2) is 0 Å². The molecule has 11 rings (SSSR count). The zero-order chi connectivity index (χ0) is 38.8. The zero-order valence-corrected chi connectivity index (χ0v) is 32.5. The van der Waals surface area contributed by atoms with Crippen LogP contribution in [0.4, 0.5) is 34.1 Å². The van der Waals surface area contributed by atoms with Crippen molar-refractivity contribution in [2.24, 2.45) is 0 Å². The summed E-state index contributed by atoms with van der Waals surface area (Å²) in [5.74, 6) is 0. The Morgan fingerprint density at radius 3 is 1.69 bits per heavy atom. The summed E-state index contributed by atoms with van der Waals surface area (Å²) in [4.78, 5) is 4.87. The van der Waals surface area contributed by atoms with Crippen LogP contribution in [0.25, 0.3) is 49.4 Å². The number of benzene rings is 9. The first kappa shape index (κ1) is 33.9. The summed E-state index contributed by atoms with van der Waals surface area (Å²) in [6.07, 6.45) is 0. The third-order valence-electron chi connectivity index (χ3n) is 12.1. The lowest BCUT2D eigenvalue weighted by Gasteiger charge is -2.31. The molecule has 0 fully saturated rings. The number of fused-ring (bicyclic) bond motifs is 7. The molecule has 0 spiro atoms. The van der Waals surface area contributed by atoms with Gasteiger partial charge in [-0.05, 0) is 112 Å². The van der Waals surface area contributed by atoms with Crippen LogP contribution in [0.2, 0.25) is 0 Å². The summed E-state index contributed by atoms with van der Waals surface area (Å²) in [6, 6.07) is 77.5. The van der Waals surface area contributed by atoms with Crippen LogP contribution < -0.4 is 9.80 Å². The van der Waals surface area contributed by atoms with Crippen molar-refractivity contribution in [2.75, 3.05) is 9.80 Å². The fourth-order valence-corrected chi connectivity index (χ4v) is 9.40. The molecule has 276 valence electrons. The van der Waals surface area contributed by atoms with E-state index >= 15 is 0 Å². The van der Waals surface area contributed by atoms with Gasteiger partial charge in [-0.15, -0.1) is 0 Å². The van der Waals surface area contributed by atoms with E-state index in [0.29, 0.717) is 0 Å². The summed E-state index contributed by atoms with van der Waals surface area (Å²) in [6.45, 7) is 4.73. The van der Waals surface area contributed by atoms with Crippen LogP contribution in [0.15, 0.2) is 212 Å². The van der Waals surface area contributed by atoms with E-state index in [2.05, 4.69) is 241 Å². The predicted molar refractivity (Wildman–Crippen MR) is 245 cm³/mol. The van der Waals surface area contributed by atoms with Crippen molar-refractivity contribution in [3.05, 3.63) is 223 Å². The Morgan fingerprint density at radius 2 is 0.966 bits per heavy atom. The Morgan fingerprint density at radius 1 is 0.379 bits per heavy atom. The minimum absolute atomic E-state index is 0.148. The number of aromatic nitrogens is 1. The zero-order valence-electron chi connectivity index (χ0n) is 32.5. The molecule has 0 saturated carbocycles. The second kappa shape index (κ2) is 13.4. The lowest BCUT2D eigenvalue weighted by atomic mass is 9.82. The van der Waals surface area contributed by atoms with E-state index in [-0.39, 0.29) is 5.41 Å². The smallest absolute Gasteiger partial charge is 0.0583 e. The number of hydrogen-bond donors (Lipinski definition) is 0. The quantitative estimate of drug-likeness (QED) is 0.161. The summed E-state index contributed by atoms with van der Waals surface area (Å²) in [5, 5.41) is 4.84. The van der Waals surface area contributed by atoms with Gasteiger partial charge < -0.3 is 14.4 Å². The maximum Gasteiger partial charge on any atom is 0.0583 e. The maximum absolute atomic E-state index is 2.48. The second-order valence-electron chi connectivity index (χ2n) is 15.8. The average molecular weight is 744 g/mol. The van der Waals surface area contributed by atoms with Crippen LogP contribution in [0.1, 0.15) is 25.0 Å². The van der Waals surface area contributed by atoms with Crippen molar-refractivity contribution in [1.82, 2.24) is 4.57 Å². The van der Waals surface area contributed by atoms with Crippen molar-refractivity contribution >= 4 is 66.7 Å². The van der Waals surface area contributed by atoms with Gasteiger partial charge in [0.1, 0.15) is 0 Å². The molecule has 58 heavy (non-hydrogen) atoms. The highest BCUT2D eigenvalue weighted by Crippen LogP contribution is 2.52. The van der Waals surface area contributed by atoms with Gasteiger partial charge in [-0.1, -0.05) is 147 Å². The van der Waals surface area contributed by atoms with Crippen molar-refractivity contribution in [2.45, 2.75) is 19.3 Å². The van der Waals surface area contributed by atoms with Gasteiger partial charge in [-0.3, -0.25) is 0 Å². The van der Waals surface area contributed by atoms with E-state index in [1.165, 1.54) is 43.8 Å². The van der Waals surface area contributed by atoms with Crippen LogP contribution in [0.5, 0.6) is 0 Å². The van der Waals surface area contributed by atoms with Gasteiger partial charge >= 0.3 is 0 Å². The van der Waals surface area contributed by atoms with E-state index in [4.69, 9.17) is 0 Å². The molecule has 3 heteroatoms. The molecule has 10 aromatic rings. The Hall–Kier alpha value is -7.36. The topological polar surface area (TPSA) is 11.4 Å². The normalized spacial score (nSPS) is 12.8. The van der Waals surface area contributed by atoms with Gasteiger partial charge in [-0.2, -0.15) is 0 Å². The molecule has 0 aliphatic heterocycles. The molecule has 0 amide bonds. The first-order valence-electron chi connectivity index (χ1n) is 20.1. The fraction of sp³-hybridized carbons (Fsp3) is 0.0545. The average Bonchev–Trinajstić information content (AvgIpc) is 3.73. The summed E-state index contributed by atoms with van der Waals surface area (Å²) >= 11 is 0. The van der Waals surface area contributed by atoms with Crippen LogP contribution in [-0.2, 0) is 5.41 Å². The molecule has 1 aliphatic rings. The van der Waals surface area contributed by atoms with E-state index in [1.807, 2.05) is 0 Å². The Kier molecular flexibility index (Phi) is 7.84. The molecule has 0 bridgehead atoms. The molecule has 1 heterocycles. The lowest BCUT2D eigenvalue weighted by Crippen LogP contribution is -2.17. The molecule has 1 aromatic heterocycles. The van der Waals surface area contributed by atoms with Gasteiger partial charge in [0.15, 0.2) is 0 Å². The highest BCUT2D eigenvalue weighted by atomic mass is 15.2. The largest absolute Gasteiger partial charge is 0.310 e. The van der Waals surface area contributed by atoms with Crippen molar-refractivity contribution in [3.8, 4) is 16.8 Å². The van der Waals surface area contributed by atoms with Gasteiger partial charge in [0.05, 0.1) is 22.4 Å². The van der Waals surface area contributed by atoms with Crippen LogP contribution >= 0.6 is 0 Å². The van der Waals surface area contributed by atoms with Crippen LogP contribution in [0.3, 0.4) is 0 Å². The predicted octanol–water partition coefficient (Wildman–Crippen LogP) is 15.2. The van der Waals surface area contributed by atoms with Crippen LogP contribution in [-0.4, -0.2) is 4.57 Å². The first-order chi connectivity index (χ1) is 28.5. The third-order valence-corrected chi connectivity index (χ3v) is 12.1. The van der Waals surface area contributed by atoms with Crippen molar-refractivity contribution < 1.29 is 0 Å². The van der Waals surface area contributed by atoms with E-state index in [1.54, 1.807) is 0 Å². The number of anilines is 6. The summed E-state index contributed by atoms with van der Waals surface area (Å²) in [5.41, 5.74) is 15.2. The Balaban J connectivity index is 1.26. The minimum atomic E-state index is -0.148. The summed E-state index contributed by atoms with van der Waals surface area (Å²) < 4.78 is 2.46. The number of rotatable bonds is 7. The molecule has 3 nitrogen and oxygen atoms in total. The van der Waals surface area contributed by atoms with Gasteiger partial charge in [0.2, 0.25) is 0 Å². The van der Waals surface area contributed by atoms with Crippen LogP contribution in [0, 0.1) is 0 Å². The first-order valence-corrected chi connectivity index (χ1v) is 20.1. The number of hydrogen-bond acceptors (Lipinski definition) is 2. The molecule has 0 N–H and O–H groups in total. The molecule has 1 aliphatic carbocycles. The highest BCUT2D eigenvalue weighted by molar-refractivity contribution is 6.18. The molecule has 0 atom stereocenters. The number of nitrogens with zero attached hydrogens (tertiary/aromatic N) is 3. The van der Waals surface area contributed by atoms with Crippen molar-refractivity contribution in [3.63, 3.8) is 0 Å². The minimum Gasteiger partial charge on any atom is -0.310 e. The SMILES string of the molecule is CC1(C)c2ccccc2-c2ccc(N(c3ccccc3)c3cc(N(c4ccccc4)c4ccccc4)cc4c3c3ccccc3n4-c3ccc4ccccc4c3)cc21. The van der Waals surface area contributed by atoms with Gasteiger partial charge in [0, 0.05) is 44.6 Å². The fourth-order valence-electron chi connectivity index (χ4n) is 9.40. The second-order valence-corrected chi connectivity index (χ2v) is 15.8. The van der Waals surface area contributed by atoms with E-state index in [9.17, 15) is 0 Å². The standard InChI is InChI=1S/C55H41N3/c1-55(2)49-28-16-14-26-46(49)47-33-32-44(35-50(47)55)57(42-24-10-5-11-25-42)52-36-45(56(40-20-6-3-7-21-40)41-22-8-4-9-23-41)37-53-54(52)48-27-15-17-29-51(48)58(53)43-31-30-38-18-12-13-19-39(38)34-43/h3-37H,1-2H3. The van der Waals surface area contributed by atoms with E-state index < -0.39 is 0 Å². The molecule has 0 unspecified atom stereocenters. The van der Waals surface area contributed by atoms with Crippen molar-refractivity contribution in [1.29, 1.82) is 0 Å². The lowest BCUT2D eigenvalue weighted by molar-refractivity contribution is 0.660. The molecular weight excluding hydrogens is 703 g/mol. The van der Waals surface area contributed by atoms with Gasteiger partial charge in [0.25, 0.3) is 0 Å². The van der Waals surface area contributed by atoms with E-state index in [0.717, 1.165) is 50.8 Å². The maximum atomic E-state index is 2.48. The summed E-state index contributed by atoms with van der Waals surface area (Å²) in [7, 11) is 0. The molecular formula is C55H41N3. The third kappa shape index (κ3) is 5.35. The number of para-hydroxylation sites is 4. The molecule has 9 aromatic carbocycles. The Labute approximate surface area is 339 Å². The monoisotopic (exact) mass is 743 g/mol. The Bertz CT molecular complexity index is 3100. The molecule has 0 radical (unpaired) electrons.